The summed E-state index contributed by atoms with van der Waals surface area (Å²) in [7, 11) is 0. The minimum absolute atomic E-state index is 0.114. The minimum Gasteiger partial charge on any atom is -0.392 e. The molecular weight excluding hydrogens is 300 g/mol. The lowest BCUT2D eigenvalue weighted by atomic mass is 9.80. The first-order chi connectivity index (χ1) is 10.1. The van der Waals surface area contributed by atoms with Crippen LogP contribution in [0.3, 0.4) is 0 Å². The van der Waals surface area contributed by atoms with Gasteiger partial charge in [-0.3, -0.25) is 9.59 Å². The van der Waals surface area contributed by atoms with Gasteiger partial charge in [0.25, 0.3) is 5.91 Å². The van der Waals surface area contributed by atoms with Crippen LogP contribution in [0.5, 0.6) is 0 Å². The van der Waals surface area contributed by atoms with E-state index >= 15 is 0 Å². The fourth-order valence-electron chi connectivity index (χ4n) is 2.22. The molecule has 124 valence electrons. The van der Waals surface area contributed by atoms with Crippen LogP contribution in [0.1, 0.15) is 44.3 Å². The van der Waals surface area contributed by atoms with Gasteiger partial charge in [0.2, 0.25) is 5.91 Å². The van der Waals surface area contributed by atoms with Gasteiger partial charge in [-0.1, -0.05) is 33.8 Å². The number of nitrogens with one attached hydrogen (secondary N) is 2. The summed E-state index contributed by atoms with van der Waals surface area (Å²) in [5.74, 6) is -0.393. The highest BCUT2D eigenvalue weighted by atomic mass is 32.1. The van der Waals surface area contributed by atoms with Gasteiger partial charge in [0.15, 0.2) is 0 Å². The second-order valence-electron chi connectivity index (χ2n) is 6.57. The zero-order chi connectivity index (χ0) is 16.9. The van der Waals surface area contributed by atoms with Crippen molar-refractivity contribution in [1.29, 1.82) is 0 Å². The number of carbonyl (C=O) groups excluding carboxylic acids is 2. The average Bonchev–Trinajstić information content (AvgIpc) is 2.97. The van der Waals surface area contributed by atoms with E-state index in [2.05, 4.69) is 10.6 Å². The van der Waals surface area contributed by atoms with Crippen molar-refractivity contribution in [3.8, 4) is 0 Å². The zero-order valence-corrected chi connectivity index (χ0v) is 14.7. The zero-order valence-electron chi connectivity index (χ0n) is 13.8. The predicted molar refractivity (Wildman–Crippen MR) is 88.9 cm³/mol. The molecule has 0 aliphatic rings. The van der Waals surface area contributed by atoms with Crippen molar-refractivity contribution in [3.05, 3.63) is 22.4 Å². The summed E-state index contributed by atoms with van der Waals surface area (Å²) in [5, 5.41) is 17.4. The molecule has 0 saturated heterocycles. The van der Waals surface area contributed by atoms with E-state index in [1.165, 1.54) is 11.3 Å². The molecule has 1 heterocycles. The molecule has 0 bridgehead atoms. The molecule has 1 aromatic heterocycles. The summed E-state index contributed by atoms with van der Waals surface area (Å²) in [6.45, 7) is 9.70. The Morgan fingerprint density at radius 2 is 1.95 bits per heavy atom. The normalized spacial score (nSPS) is 14.5. The number of hydrogen-bond acceptors (Lipinski definition) is 4. The lowest BCUT2D eigenvalue weighted by molar-refractivity contribution is -0.123. The Hall–Kier alpha value is -1.40. The molecule has 2 amide bonds. The van der Waals surface area contributed by atoms with Crippen LogP contribution in [-0.4, -0.2) is 35.6 Å². The molecule has 2 atom stereocenters. The van der Waals surface area contributed by atoms with Gasteiger partial charge in [-0.05, 0) is 24.3 Å². The molecule has 2 unspecified atom stereocenters. The number of amides is 2. The van der Waals surface area contributed by atoms with E-state index in [0.29, 0.717) is 11.4 Å². The van der Waals surface area contributed by atoms with Crippen molar-refractivity contribution in [2.45, 2.75) is 46.8 Å². The van der Waals surface area contributed by atoms with E-state index in [-0.39, 0.29) is 17.7 Å². The number of carbonyl (C=O) groups is 2. The molecule has 0 aliphatic carbocycles. The fraction of sp³-hybridized carbons (Fsp3) is 0.625. The Kier molecular flexibility index (Phi) is 6.56. The third-order valence-electron chi connectivity index (χ3n) is 3.64. The van der Waals surface area contributed by atoms with E-state index in [1.54, 1.807) is 19.1 Å². The van der Waals surface area contributed by atoms with Crippen LogP contribution in [0.4, 0.5) is 0 Å². The Bertz CT molecular complexity index is 497. The van der Waals surface area contributed by atoms with Crippen molar-refractivity contribution >= 4 is 23.2 Å². The van der Waals surface area contributed by atoms with Crippen LogP contribution < -0.4 is 10.6 Å². The number of aliphatic hydroxyl groups is 1. The predicted octanol–water partition coefficient (Wildman–Crippen LogP) is 2.03. The summed E-state index contributed by atoms with van der Waals surface area (Å²) >= 11 is 1.33. The molecule has 6 heteroatoms. The van der Waals surface area contributed by atoms with E-state index < -0.39 is 17.6 Å². The highest BCUT2D eigenvalue weighted by molar-refractivity contribution is 7.12. The van der Waals surface area contributed by atoms with Crippen molar-refractivity contribution in [2.24, 2.45) is 11.3 Å². The molecule has 22 heavy (non-hydrogen) atoms. The standard InChI is InChI=1S/C16H26N2O3S/c1-10(2)13(19)16(4,5)9-17-14(20)11(3)18-15(21)12-7-6-8-22-12/h6-8,10-11,13,19H,9H2,1-5H3,(H,17,20)(H,18,21). The van der Waals surface area contributed by atoms with Gasteiger partial charge < -0.3 is 15.7 Å². The summed E-state index contributed by atoms with van der Waals surface area (Å²) in [5.41, 5.74) is -0.429. The Morgan fingerprint density at radius 3 is 2.45 bits per heavy atom. The molecule has 5 nitrogen and oxygen atoms in total. The van der Waals surface area contributed by atoms with Gasteiger partial charge in [0.1, 0.15) is 6.04 Å². The van der Waals surface area contributed by atoms with Gasteiger partial charge in [-0.2, -0.15) is 0 Å². The van der Waals surface area contributed by atoms with Gasteiger partial charge in [0, 0.05) is 12.0 Å². The van der Waals surface area contributed by atoms with Crippen LogP contribution >= 0.6 is 11.3 Å². The monoisotopic (exact) mass is 326 g/mol. The molecule has 0 aliphatic heterocycles. The van der Waals surface area contributed by atoms with E-state index in [1.807, 2.05) is 33.1 Å². The first-order valence-electron chi connectivity index (χ1n) is 7.45. The summed E-state index contributed by atoms with van der Waals surface area (Å²) in [4.78, 5) is 24.6. The van der Waals surface area contributed by atoms with Crippen LogP contribution in [0.15, 0.2) is 17.5 Å². The first kappa shape index (κ1) is 18.6. The quantitative estimate of drug-likeness (QED) is 0.717. The number of rotatable bonds is 7. The van der Waals surface area contributed by atoms with Crippen molar-refractivity contribution in [3.63, 3.8) is 0 Å². The SMILES string of the molecule is CC(NC(=O)c1cccs1)C(=O)NCC(C)(C)C(O)C(C)C. The maximum atomic E-state index is 12.1. The second kappa shape index (κ2) is 7.74. The van der Waals surface area contributed by atoms with Gasteiger partial charge in [-0.25, -0.2) is 0 Å². The Morgan fingerprint density at radius 1 is 1.32 bits per heavy atom. The minimum atomic E-state index is -0.624. The summed E-state index contributed by atoms with van der Waals surface area (Å²) < 4.78 is 0. The molecule has 0 fully saturated rings. The lowest BCUT2D eigenvalue weighted by Gasteiger charge is -2.33. The Balaban J connectivity index is 2.49. The second-order valence-corrected chi connectivity index (χ2v) is 7.52. The molecule has 1 aromatic rings. The molecule has 0 aromatic carbocycles. The maximum absolute atomic E-state index is 12.1. The summed E-state index contributed by atoms with van der Waals surface area (Å²) in [6, 6.07) is 2.88. The lowest BCUT2D eigenvalue weighted by Crippen LogP contribution is -2.49. The maximum Gasteiger partial charge on any atom is 0.261 e. The van der Waals surface area contributed by atoms with E-state index in [4.69, 9.17) is 0 Å². The van der Waals surface area contributed by atoms with Crippen LogP contribution in [0, 0.1) is 11.3 Å². The molecule has 0 spiro atoms. The molecule has 1 rings (SSSR count). The van der Waals surface area contributed by atoms with Crippen molar-refractivity contribution in [2.75, 3.05) is 6.54 Å². The molecule has 3 N–H and O–H groups in total. The third kappa shape index (κ3) is 5.10. The molecule has 0 saturated carbocycles. The summed E-state index contributed by atoms with van der Waals surface area (Å²) in [6.07, 6.45) is -0.510. The van der Waals surface area contributed by atoms with Crippen molar-refractivity contribution < 1.29 is 14.7 Å². The molecule has 0 radical (unpaired) electrons. The van der Waals surface area contributed by atoms with Gasteiger partial charge in [-0.15, -0.1) is 11.3 Å². The number of hydrogen-bond donors (Lipinski definition) is 3. The van der Waals surface area contributed by atoms with Crippen LogP contribution in [0.2, 0.25) is 0 Å². The average molecular weight is 326 g/mol. The highest BCUT2D eigenvalue weighted by Crippen LogP contribution is 2.25. The number of thiophene rings is 1. The topological polar surface area (TPSA) is 78.4 Å². The van der Waals surface area contributed by atoms with Crippen LogP contribution in [-0.2, 0) is 4.79 Å². The smallest absolute Gasteiger partial charge is 0.261 e. The van der Waals surface area contributed by atoms with Gasteiger partial charge in [0.05, 0.1) is 11.0 Å². The van der Waals surface area contributed by atoms with Gasteiger partial charge >= 0.3 is 0 Å². The van der Waals surface area contributed by atoms with Crippen LogP contribution in [0.25, 0.3) is 0 Å². The van der Waals surface area contributed by atoms with E-state index in [9.17, 15) is 14.7 Å². The highest BCUT2D eigenvalue weighted by Gasteiger charge is 2.31. The third-order valence-corrected chi connectivity index (χ3v) is 4.50. The van der Waals surface area contributed by atoms with Crippen molar-refractivity contribution in [1.82, 2.24) is 10.6 Å². The largest absolute Gasteiger partial charge is 0.392 e. The fourth-order valence-corrected chi connectivity index (χ4v) is 2.84. The first-order valence-corrected chi connectivity index (χ1v) is 8.33. The molecular formula is C16H26N2O3S. The Labute approximate surface area is 136 Å². The van der Waals surface area contributed by atoms with E-state index in [0.717, 1.165) is 0 Å². The number of aliphatic hydroxyl groups excluding tert-OH is 1.